The van der Waals surface area contributed by atoms with E-state index < -0.39 is 11.6 Å². The van der Waals surface area contributed by atoms with E-state index in [1.807, 2.05) is 32.0 Å². The molecule has 0 aromatic heterocycles. The highest BCUT2D eigenvalue weighted by Gasteiger charge is 2.10. The zero-order valence-electron chi connectivity index (χ0n) is 12.1. The lowest BCUT2D eigenvalue weighted by Crippen LogP contribution is -2.14. The van der Waals surface area contributed by atoms with E-state index >= 15 is 0 Å². The molecule has 0 aliphatic heterocycles. The fraction of sp³-hybridized carbons (Fsp3) is 0.188. The van der Waals surface area contributed by atoms with Crippen LogP contribution in [0.4, 0.5) is 20.2 Å². The summed E-state index contributed by atoms with van der Waals surface area (Å²) >= 11 is 0. The first-order valence-electron chi connectivity index (χ1n) is 6.43. The number of anilines is 2. The molecule has 2 rings (SSSR count). The van der Waals surface area contributed by atoms with Crippen LogP contribution < -0.4 is 10.2 Å². The lowest BCUT2D eigenvalue weighted by atomic mass is 10.1. The number of carbonyl (C=O) groups excluding carboxylic acids is 1. The molecule has 0 fully saturated rings. The number of carbonyl (C=O) groups is 1. The quantitative estimate of drug-likeness (QED) is 0.937. The number of hydrogen-bond donors (Lipinski definition) is 1. The van der Waals surface area contributed by atoms with Crippen LogP contribution in [-0.2, 0) is 0 Å². The number of nitrogens with one attached hydrogen (secondary N) is 1. The van der Waals surface area contributed by atoms with Gasteiger partial charge in [0.2, 0.25) is 0 Å². The Balaban J connectivity index is 2.20. The molecule has 0 bridgehead atoms. The first kappa shape index (κ1) is 15.0. The van der Waals surface area contributed by atoms with Crippen molar-refractivity contribution in [3.8, 4) is 0 Å². The van der Waals surface area contributed by atoms with E-state index in [0.29, 0.717) is 5.56 Å². The van der Waals surface area contributed by atoms with E-state index in [-0.39, 0.29) is 11.6 Å². The minimum atomic E-state index is -0.994. The van der Waals surface area contributed by atoms with Gasteiger partial charge in [-0.15, -0.1) is 0 Å². The van der Waals surface area contributed by atoms with Crippen LogP contribution in [0.5, 0.6) is 0 Å². The van der Waals surface area contributed by atoms with Gasteiger partial charge in [0.25, 0.3) is 5.91 Å². The van der Waals surface area contributed by atoms with Crippen LogP contribution in [0.25, 0.3) is 0 Å². The molecule has 2 aromatic carbocycles. The van der Waals surface area contributed by atoms with Gasteiger partial charge in [0, 0.05) is 37.1 Å². The Labute approximate surface area is 122 Å². The lowest BCUT2D eigenvalue weighted by Gasteiger charge is -2.16. The first-order valence-corrected chi connectivity index (χ1v) is 6.43. The number of rotatable bonds is 3. The van der Waals surface area contributed by atoms with E-state index in [2.05, 4.69) is 5.32 Å². The molecule has 21 heavy (non-hydrogen) atoms. The van der Waals surface area contributed by atoms with Gasteiger partial charge in [0.05, 0.1) is 0 Å². The summed E-state index contributed by atoms with van der Waals surface area (Å²) in [5.74, 6) is -2.31. The molecule has 5 heteroatoms. The second kappa shape index (κ2) is 5.91. The van der Waals surface area contributed by atoms with Gasteiger partial charge in [-0.25, -0.2) is 8.78 Å². The van der Waals surface area contributed by atoms with Gasteiger partial charge in [-0.2, -0.15) is 0 Å². The fourth-order valence-electron chi connectivity index (χ4n) is 2.08. The number of benzene rings is 2. The van der Waals surface area contributed by atoms with Crippen molar-refractivity contribution in [3.05, 3.63) is 59.2 Å². The predicted molar refractivity (Wildman–Crippen MR) is 79.8 cm³/mol. The molecule has 2 aromatic rings. The molecule has 0 saturated carbocycles. The maximum atomic E-state index is 13.1. The standard InChI is InChI=1S/C16H16F2N2O/c1-10-8-11(4-7-15(10)20(2)3)16(21)19-12-5-6-13(17)14(18)9-12/h4-9H,1-3H3,(H,19,21). The van der Waals surface area contributed by atoms with E-state index in [1.165, 1.54) is 6.07 Å². The second-order valence-electron chi connectivity index (χ2n) is 4.98. The van der Waals surface area contributed by atoms with Gasteiger partial charge in [-0.1, -0.05) is 0 Å². The highest BCUT2D eigenvalue weighted by Crippen LogP contribution is 2.20. The van der Waals surface area contributed by atoms with Gasteiger partial charge >= 0.3 is 0 Å². The van der Waals surface area contributed by atoms with Crippen molar-refractivity contribution in [2.24, 2.45) is 0 Å². The fourth-order valence-corrected chi connectivity index (χ4v) is 2.08. The lowest BCUT2D eigenvalue weighted by molar-refractivity contribution is 0.102. The smallest absolute Gasteiger partial charge is 0.255 e. The van der Waals surface area contributed by atoms with Crippen molar-refractivity contribution in [3.63, 3.8) is 0 Å². The summed E-state index contributed by atoms with van der Waals surface area (Å²) in [6.07, 6.45) is 0. The topological polar surface area (TPSA) is 32.3 Å². The molecule has 0 heterocycles. The molecule has 1 amide bonds. The van der Waals surface area contributed by atoms with Crippen LogP contribution in [0.2, 0.25) is 0 Å². The molecular formula is C16H16F2N2O. The summed E-state index contributed by atoms with van der Waals surface area (Å²) in [7, 11) is 3.84. The van der Waals surface area contributed by atoms with E-state index in [9.17, 15) is 13.6 Å². The third-order valence-corrected chi connectivity index (χ3v) is 3.12. The van der Waals surface area contributed by atoms with Crippen molar-refractivity contribution in [2.45, 2.75) is 6.92 Å². The number of nitrogens with zero attached hydrogens (tertiary/aromatic N) is 1. The van der Waals surface area contributed by atoms with Crippen molar-refractivity contribution in [2.75, 3.05) is 24.3 Å². The molecule has 1 N–H and O–H groups in total. The molecule has 0 spiro atoms. The Morgan fingerprint density at radius 2 is 1.76 bits per heavy atom. The van der Waals surface area contributed by atoms with Crippen molar-refractivity contribution in [1.29, 1.82) is 0 Å². The highest BCUT2D eigenvalue weighted by molar-refractivity contribution is 6.04. The van der Waals surface area contributed by atoms with Gasteiger partial charge < -0.3 is 10.2 Å². The molecule has 3 nitrogen and oxygen atoms in total. The summed E-state index contributed by atoms with van der Waals surface area (Å²) in [6.45, 7) is 1.91. The van der Waals surface area contributed by atoms with Crippen LogP contribution >= 0.6 is 0 Å². The molecule has 0 saturated heterocycles. The van der Waals surface area contributed by atoms with Crippen LogP contribution in [-0.4, -0.2) is 20.0 Å². The maximum absolute atomic E-state index is 13.1. The molecular weight excluding hydrogens is 274 g/mol. The van der Waals surface area contributed by atoms with E-state index in [0.717, 1.165) is 23.4 Å². The summed E-state index contributed by atoms with van der Waals surface area (Å²) in [5.41, 5.74) is 2.65. The van der Waals surface area contributed by atoms with Crippen LogP contribution in [0, 0.1) is 18.6 Å². The molecule has 0 aliphatic carbocycles. The van der Waals surface area contributed by atoms with E-state index in [1.54, 1.807) is 12.1 Å². The minimum absolute atomic E-state index is 0.216. The Kier molecular flexibility index (Phi) is 4.21. The van der Waals surface area contributed by atoms with Crippen LogP contribution in [0.3, 0.4) is 0 Å². The largest absolute Gasteiger partial charge is 0.377 e. The van der Waals surface area contributed by atoms with Crippen molar-refractivity contribution >= 4 is 17.3 Å². The Bertz CT molecular complexity index is 684. The van der Waals surface area contributed by atoms with Gasteiger partial charge in [-0.3, -0.25) is 4.79 Å². The van der Waals surface area contributed by atoms with Gasteiger partial charge in [0.15, 0.2) is 11.6 Å². The third kappa shape index (κ3) is 3.37. The number of amides is 1. The molecule has 0 unspecified atom stereocenters. The monoisotopic (exact) mass is 290 g/mol. The predicted octanol–water partition coefficient (Wildman–Crippen LogP) is 3.59. The molecule has 110 valence electrons. The average molecular weight is 290 g/mol. The summed E-state index contributed by atoms with van der Waals surface area (Å²) in [5, 5.41) is 2.54. The Hall–Kier alpha value is -2.43. The average Bonchev–Trinajstić information content (AvgIpc) is 2.42. The molecule has 0 atom stereocenters. The number of halogens is 2. The maximum Gasteiger partial charge on any atom is 0.255 e. The SMILES string of the molecule is Cc1cc(C(=O)Nc2ccc(F)c(F)c2)ccc1N(C)C. The molecule has 0 radical (unpaired) electrons. The van der Waals surface area contributed by atoms with Crippen LogP contribution in [0.15, 0.2) is 36.4 Å². The summed E-state index contributed by atoms with van der Waals surface area (Å²) < 4.78 is 25.9. The van der Waals surface area contributed by atoms with Crippen molar-refractivity contribution in [1.82, 2.24) is 0 Å². The van der Waals surface area contributed by atoms with Crippen molar-refractivity contribution < 1.29 is 13.6 Å². The van der Waals surface area contributed by atoms with Gasteiger partial charge in [0.1, 0.15) is 0 Å². The number of hydrogen-bond acceptors (Lipinski definition) is 2. The minimum Gasteiger partial charge on any atom is -0.377 e. The summed E-state index contributed by atoms with van der Waals surface area (Å²) in [6, 6.07) is 8.54. The molecule has 0 aliphatic rings. The zero-order chi connectivity index (χ0) is 15.6. The number of aryl methyl sites for hydroxylation is 1. The second-order valence-corrected chi connectivity index (χ2v) is 4.98. The summed E-state index contributed by atoms with van der Waals surface area (Å²) in [4.78, 5) is 14.1. The van der Waals surface area contributed by atoms with Gasteiger partial charge in [-0.05, 0) is 42.8 Å². The Morgan fingerprint density at radius 1 is 1.05 bits per heavy atom. The van der Waals surface area contributed by atoms with Crippen LogP contribution in [0.1, 0.15) is 15.9 Å². The van der Waals surface area contributed by atoms with E-state index in [4.69, 9.17) is 0 Å². The third-order valence-electron chi connectivity index (χ3n) is 3.12. The first-order chi connectivity index (χ1) is 9.88. The Morgan fingerprint density at radius 3 is 2.33 bits per heavy atom. The highest BCUT2D eigenvalue weighted by atomic mass is 19.2. The zero-order valence-corrected chi connectivity index (χ0v) is 12.1. The normalized spacial score (nSPS) is 10.3.